The predicted octanol–water partition coefficient (Wildman–Crippen LogP) is -2.63. The number of aromatic amines is 2. The van der Waals surface area contributed by atoms with Gasteiger partial charge in [-0.05, 0) is 0 Å². The summed E-state index contributed by atoms with van der Waals surface area (Å²) in [7, 11) is 0. The van der Waals surface area contributed by atoms with E-state index in [0.717, 1.165) is 10.6 Å². The molecule has 0 unspecified atom stereocenters. The first-order valence-corrected chi connectivity index (χ1v) is 4.94. The Bertz CT molecular complexity index is 641. The van der Waals surface area contributed by atoms with Crippen LogP contribution in [0.5, 0.6) is 0 Å². The zero-order chi connectivity index (χ0) is 13.0. The zero-order valence-corrected chi connectivity index (χ0v) is 9.08. The second kappa shape index (κ2) is 5.03. The Hall–Kier alpha value is -2.78. The lowest BCUT2D eigenvalue weighted by Gasteiger charge is -2.04. The summed E-state index contributed by atoms with van der Waals surface area (Å²) in [5, 5.41) is 15.4. The molecular weight excluding hydrogens is 242 g/mol. The largest absolute Gasteiger partial charge is 0.347 e. The number of nitrogens with zero attached hydrogens (tertiary/aromatic N) is 4. The van der Waals surface area contributed by atoms with Crippen LogP contribution in [-0.4, -0.2) is 36.1 Å². The number of hydrogen-bond acceptors (Lipinski definition) is 6. The highest BCUT2D eigenvalue weighted by atomic mass is 16.2. The number of carbonyl (C=O) groups is 1. The van der Waals surface area contributed by atoms with Crippen molar-refractivity contribution in [3.8, 4) is 0 Å². The van der Waals surface area contributed by atoms with Gasteiger partial charge in [-0.3, -0.25) is 19.1 Å². The first-order valence-electron chi connectivity index (χ1n) is 4.94. The molecule has 2 heterocycles. The molecule has 0 aliphatic carbocycles. The minimum absolute atomic E-state index is 0.105. The second-order valence-electron chi connectivity index (χ2n) is 3.34. The van der Waals surface area contributed by atoms with Gasteiger partial charge in [0.2, 0.25) is 5.91 Å². The lowest BCUT2D eigenvalue weighted by atomic mass is 10.5. The van der Waals surface area contributed by atoms with Crippen molar-refractivity contribution >= 4 is 5.91 Å². The number of hydrogen-bond donors (Lipinski definition) is 3. The number of carbonyl (C=O) groups excluding carboxylic acids is 1. The van der Waals surface area contributed by atoms with E-state index in [1.54, 1.807) is 0 Å². The topological polar surface area (TPSA) is 138 Å². The van der Waals surface area contributed by atoms with Gasteiger partial charge >= 0.3 is 5.69 Å². The molecule has 0 atom stereocenters. The Morgan fingerprint density at radius 3 is 2.94 bits per heavy atom. The van der Waals surface area contributed by atoms with Crippen LogP contribution in [0.25, 0.3) is 0 Å². The first kappa shape index (κ1) is 11.7. The summed E-state index contributed by atoms with van der Waals surface area (Å²) in [6.45, 7) is -0.0963. The molecule has 2 aromatic rings. The van der Waals surface area contributed by atoms with Crippen molar-refractivity contribution in [2.75, 3.05) is 0 Å². The molecule has 0 radical (unpaired) electrons. The first-order chi connectivity index (χ1) is 8.65. The molecule has 3 N–H and O–H groups in total. The highest BCUT2D eigenvalue weighted by Gasteiger charge is 2.06. The van der Waals surface area contributed by atoms with Crippen molar-refractivity contribution < 1.29 is 4.79 Å². The molecule has 2 rings (SSSR count). The monoisotopic (exact) mass is 251 g/mol. The fourth-order valence-electron chi connectivity index (χ4n) is 1.21. The number of H-pyrrole nitrogens is 2. The third-order valence-electron chi connectivity index (χ3n) is 2.04. The van der Waals surface area contributed by atoms with Gasteiger partial charge in [-0.1, -0.05) is 5.21 Å². The summed E-state index contributed by atoms with van der Waals surface area (Å²) in [6.07, 6.45) is 1.25. The molecule has 0 bridgehead atoms. The lowest BCUT2D eigenvalue weighted by Crippen LogP contribution is -2.35. The van der Waals surface area contributed by atoms with Crippen LogP contribution in [0, 0.1) is 0 Å². The molecule has 0 fully saturated rings. The van der Waals surface area contributed by atoms with Gasteiger partial charge in [0.15, 0.2) is 5.82 Å². The van der Waals surface area contributed by atoms with Crippen LogP contribution >= 0.6 is 0 Å². The van der Waals surface area contributed by atoms with Gasteiger partial charge in [-0.25, -0.2) is 4.79 Å². The Morgan fingerprint density at radius 2 is 2.28 bits per heavy atom. The van der Waals surface area contributed by atoms with Crippen LogP contribution in [0.1, 0.15) is 5.82 Å². The molecule has 10 heteroatoms. The smallest absolute Gasteiger partial charge is 0.328 e. The Balaban J connectivity index is 1.95. The molecule has 1 amide bonds. The van der Waals surface area contributed by atoms with Gasteiger partial charge in [-0.2, -0.15) is 5.21 Å². The minimum Gasteiger partial charge on any atom is -0.347 e. The van der Waals surface area contributed by atoms with E-state index < -0.39 is 17.2 Å². The highest BCUT2D eigenvalue weighted by Crippen LogP contribution is 1.83. The van der Waals surface area contributed by atoms with E-state index in [1.165, 1.54) is 6.20 Å². The molecule has 0 aliphatic rings. The molecule has 2 aromatic heterocycles. The predicted molar refractivity (Wildman–Crippen MR) is 57.3 cm³/mol. The molecule has 0 saturated carbocycles. The molecule has 94 valence electrons. The van der Waals surface area contributed by atoms with Crippen LogP contribution in [0.3, 0.4) is 0 Å². The van der Waals surface area contributed by atoms with Gasteiger partial charge in [0, 0.05) is 12.3 Å². The summed E-state index contributed by atoms with van der Waals surface area (Å²) < 4.78 is 1.08. The van der Waals surface area contributed by atoms with E-state index in [0.29, 0.717) is 5.82 Å². The van der Waals surface area contributed by atoms with Crippen LogP contribution in [0.15, 0.2) is 21.9 Å². The maximum atomic E-state index is 11.5. The molecule has 10 nitrogen and oxygen atoms in total. The van der Waals surface area contributed by atoms with E-state index in [1.807, 2.05) is 4.98 Å². The fourth-order valence-corrected chi connectivity index (χ4v) is 1.21. The molecule has 0 aromatic carbocycles. The molecule has 0 spiro atoms. The molecule has 18 heavy (non-hydrogen) atoms. The standard InChI is InChI=1S/C8H9N7O3/c16-6-1-2-15(8(18)10-6)4-7(17)9-3-5-11-13-14-12-5/h1-2H,3-4H2,(H,9,17)(H,10,16,18)(H,11,12,13,14). The molecular formula is C8H9N7O3. The third kappa shape index (κ3) is 2.87. The second-order valence-corrected chi connectivity index (χ2v) is 3.34. The van der Waals surface area contributed by atoms with Crippen LogP contribution in [-0.2, 0) is 17.9 Å². The Morgan fingerprint density at radius 1 is 1.44 bits per heavy atom. The van der Waals surface area contributed by atoms with Gasteiger partial charge in [-0.15, -0.1) is 10.2 Å². The van der Waals surface area contributed by atoms with Crippen molar-refractivity contribution in [3.05, 3.63) is 38.9 Å². The van der Waals surface area contributed by atoms with Crippen LogP contribution < -0.4 is 16.6 Å². The summed E-state index contributed by atoms with van der Waals surface area (Å²) in [5.41, 5.74) is -1.15. The molecule has 0 saturated heterocycles. The normalized spacial score (nSPS) is 10.2. The van der Waals surface area contributed by atoms with E-state index in [4.69, 9.17) is 0 Å². The van der Waals surface area contributed by atoms with Gasteiger partial charge in [0.1, 0.15) is 6.54 Å². The van der Waals surface area contributed by atoms with Crippen molar-refractivity contribution in [1.29, 1.82) is 0 Å². The Kier molecular flexibility index (Phi) is 3.27. The zero-order valence-electron chi connectivity index (χ0n) is 9.08. The third-order valence-corrected chi connectivity index (χ3v) is 2.04. The number of aromatic nitrogens is 6. The van der Waals surface area contributed by atoms with Crippen molar-refractivity contribution in [2.45, 2.75) is 13.1 Å². The number of amides is 1. The van der Waals surface area contributed by atoms with Crippen molar-refractivity contribution in [2.24, 2.45) is 0 Å². The number of nitrogens with one attached hydrogen (secondary N) is 3. The lowest BCUT2D eigenvalue weighted by molar-refractivity contribution is -0.121. The van der Waals surface area contributed by atoms with Gasteiger partial charge < -0.3 is 5.32 Å². The van der Waals surface area contributed by atoms with Crippen LogP contribution in [0.2, 0.25) is 0 Å². The van der Waals surface area contributed by atoms with E-state index in [2.05, 4.69) is 25.9 Å². The minimum atomic E-state index is -0.641. The van der Waals surface area contributed by atoms with E-state index >= 15 is 0 Å². The molecule has 0 aliphatic heterocycles. The average molecular weight is 251 g/mol. The summed E-state index contributed by atoms with van der Waals surface area (Å²) in [5.74, 6) is -0.0777. The quantitative estimate of drug-likeness (QED) is 0.543. The maximum absolute atomic E-state index is 11.5. The van der Waals surface area contributed by atoms with Gasteiger partial charge in [0.25, 0.3) is 5.56 Å². The van der Waals surface area contributed by atoms with Crippen molar-refractivity contribution in [1.82, 2.24) is 35.5 Å². The summed E-state index contributed by atoms with van der Waals surface area (Å²) in [6, 6.07) is 1.16. The average Bonchev–Trinajstić information content (AvgIpc) is 2.83. The van der Waals surface area contributed by atoms with Crippen molar-refractivity contribution in [3.63, 3.8) is 0 Å². The summed E-state index contributed by atoms with van der Waals surface area (Å²) >= 11 is 0. The van der Waals surface area contributed by atoms with E-state index in [9.17, 15) is 14.4 Å². The highest BCUT2D eigenvalue weighted by molar-refractivity contribution is 5.75. The number of tetrazole rings is 1. The fraction of sp³-hybridized carbons (Fsp3) is 0.250. The Labute approximate surface area is 99.0 Å². The SMILES string of the molecule is O=C(Cn1ccc(=O)[nH]c1=O)NCc1nn[nH]n1. The van der Waals surface area contributed by atoms with Crippen LogP contribution in [0.4, 0.5) is 0 Å². The maximum Gasteiger partial charge on any atom is 0.328 e. The number of rotatable bonds is 4. The van der Waals surface area contributed by atoms with E-state index in [-0.39, 0.29) is 13.1 Å². The van der Waals surface area contributed by atoms with Gasteiger partial charge in [0.05, 0.1) is 6.54 Å². The summed E-state index contributed by atoms with van der Waals surface area (Å²) in [4.78, 5) is 35.7.